The summed E-state index contributed by atoms with van der Waals surface area (Å²) in [4.78, 5) is 6.84. The Labute approximate surface area is 120 Å². The normalized spacial score (nSPS) is 24.1. The highest BCUT2D eigenvalue weighted by atomic mass is 32.2. The van der Waals surface area contributed by atoms with Gasteiger partial charge in [-0.15, -0.1) is 0 Å². The van der Waals surface area contributed by atoms with Gasteiger partial charge in [0.2, 0.25) is 0 Å². The number of hydrogen-bond acceptors (Lipinski definition) is 3. The summed E-state index contributed by atoms with van der Waals surface area (Å²) < 4.78 is 26.7. The third kappa shape index (κ3) is 2.51. The molecule has 20 heavy (non-hydrogen) atoms. The fourth-order valence-electron chi connectivity index (χ4n) is 3.67. The molecule has 1 saturated heterocycles. The van der Waals surface area contributed by atoms with Crippen LogP contribution in [-0.2, 0) is 10.0 Å². The van der Waals surface area contributed by atoms with E-state index in [2.05, 4.69) is 9.97 Å². The van der Waals surface area contributed by atoms with Gasteiger partial charge >= 0.3 is 0 Å². The van der Waals surface area contributed by atoms with Crippen LogP contribution < -0.4 is 0 Å². The molecule has 1 aromatic heterocycles. The van der Waals surface area contributed by atoms with Crippen LogP contribution in [0.5, 0.6) is 0 Å². The SMILES string of the molecule is Cc1ncc(S(=O)(=O)N2CCC3(CCCCC3)CC2)[nH]1. The first-order valence-corrected chi connectivity index (χ1v) is 8.98. The highest BCUT2D eigenvalue weighted by molar-refractivity contribution is 7.89. The maximum Gasteiger partial charge on any atom is 0.260 e. The van der Waals surface area contributed by atoms with Crippen molar-refractivity contribution in [2.45, 2.75) is 56.9 Å². The van der Waals surface area contributed by atoms with Crippen molar-refractivity contribution < 1.29 is 8.42 Å². The molecule has 2 aliphatic rings. The second-order valence-electron chi connectivity index (χ2n) is 6.30. The van der Waals surface area contributed by atoms with Crippen molar-refractivity contribution in [3.63, 3.8) is 0 Å². The lowest BCUT2D eigenvalue weighted by Gasteiger charge is -2.43. The van der Waals surface area contributed by atoms with Crippen molar-refractivity contribution in [2.75, 3.05) is 13.1 Å². The molecule has 0 atom stereocenters. The van der Waals surface area contributed by atoms with E-state index in [-0.39, 0.29) is 5.03 Å². The van der Waals surface area contributed by atoms with Gasteiger partial charge in [0.15, 0.2) is 5.03 Å². The van der Waals surface area contributed by atoms with E-state index < -0.39 is 10.0 Å². The Balaban J connectivity index is 1.71. The molecule has 1 aliphatic carbocycles. The van der Waals surface area contributed by atoms with Gasteiger partial charge in [-0.1, -0.05) is 19.3 Å². The summed E-state index contributed by atoms with van der Waals surface area (Å²) in [5.74, 6) is 0.643. The van der Waals surface area contributed by atoms with Gasteiger partial charge < -0.3 is 4.98 Å². The van der Waals surface area contributed by atoms with Crippen LogP contribution in [0.25, 0.3) is 0 Å². The topological polar surface area (TPSA) is 66.1 Å². The Morgan fingerprint density at radius 3 is 2.35 bits per heavy atom. The lowest BCUT2D eigenvalue weighted by Crippen LogP contribution is -2.43. The average Bonchev–Trinajstić information content (AvgIpc) is 2.88. The van der Waals surface area contributed by atoms with Gasteiger partial charge in [-0.2, -0.15) is 4.31 Å². The molecule has 0 radical (unpaired) electrons. The molecular formula is C14H23N3O2S. The zero-order valence-electron chi connectivity index (χ0n) is 12.1. The van der Waals surface area contributed by atoms with Crippen LogP contribution in [0.3, 0.4) is 0 Å². The van der Waals surface area contributed by atoms with Crippen molar-refractivity contribution in [2.24, 2.45) is 5.41 Å². The molecule has 5 nitrogen and oxygen atoms in total. The largest absolute Gasteiger partial charge is 0.332 e. The van der Waals surface area contributed by atoms with E-state index in [1.807, 2.05) is 0 Å². The molecule has 1 saturated carbocycles. The van der Waals surface area contributed by atoms with E-state index in [1.165, 1.54) is 38.3 Å². The van der Waals surface area contributed by atoms with E-state index in [1.54, 1.807) is 11.2 Å². The summed E-state index contributed by atoms with van der Waals surface area (Å²) in [5, 5.41) is 0.231. The van der Waals surface area contributed by atoms with Crippen LogP contribution >= 0.6 is 0 Å². The number of piperidine rings is 1. The highest BCUT2D eigenvalue weighted by Crippen LogP contribution is 2.45. The monoisotopic (exact) mass is 297 g/mol. The first kappa shape index (κ1) is 14.1. The predicted molar refractivity (Wildman–Crippen MR) is 76.8 cm³/mol. The molecule has 1 N–H and O–H groups in total. The number of hydrogen-bond donors (Lipinski definition) is 1. The van der Waals surface area contributed by atoms with Crippen LogP contribution in [0.2, 0.25) is 0 Å². The van der Waals surface area contributed by atoms with Crippen molar-refractivity contribution >= 4 is 10.0 Å². The van der Waals surface area contributed by atoms with Gasteiger partial charge in [-0.25, -0.2) is 13.4 Å². The Morgan fingerprint density at radius 1 is 1.15 bits per heavy atom. The summed E-state index contributed by atoms with van der Waals surface area (Å²) in [7, 11) is -3.38. The summed E-state index contributed by atoms with van der Waals surface area (Å²) >= 11 is 0. The Hall–Kier alpha value is -0.880. The summed E-state index contributed by atoms with van der Waals surface area (Å²) in [5.41, 5.74) is 0.425. The molecule has 0 bridgehead atoms. The summed E-state index contributed by atoms with van der Waals surface area (Å²) in [6, 6.07) is 0. The average molecular weight is 297 g/mol. The molecule has 1 aromatic rings. The minimum atomic E-state index is -3.38. The lowest BCUT2D eigenvalue weighted by molar-refractivity contribution is 0.102. The summed E-state index contributed by atoms with van der Waals surface area (Å²) in [6.45, 7) is 3.08. The van der Waals surface area contributed by atoms with Crippen LogP contribution in [0.15, 0.2) is 11.2 Å². The molecule has 0 unspecified atom stereocenters. The number of aromatic nitrogens is 2. The van der Waals surface area contributed by atoms with E-state index in [0.29, 0.717) is 24.3 Å². The zero-order chi connectivity index (χ0) is 14.2. The number of nitrogens with one attached hydrogen (secondary N) is 1. The predicted octanol–water partition coefficient (Wildman–Crippen LogP) is 2.45. The second-order valence-corrected chi connectivity index (χ2v) is 8.20. The number of aryl methyl sites for hydroxylation is 1. The third-order valence-corrected chi connectivity index (χ3v) is 6.80. The van der Waals surface area contributed by atoms with Gasteiger partial charge in [-0.3, -0.25) is 0 Å². The number of sulfonamides is 1. The minimum Gasteiger partial charge on any atom is -0.332 e. The summed E-state index contributed by atoms with van der Waals surface area (Å²) in [6.07, 6.45) is 9.98. The second kappa shape index (κ2) is 5.15. The van der Waals surface area contributed by atoms with Gasteiger partial charge in [0.25, 0.3) is 10.0 Å². The lowest BCUT2D eigenvalue weighted by atomic mass is 9.68. The van der Waals surface area contributed by atoms with Gasteiger partial charge in [0.1, 0.15) is 5.82 Å². The fraction of sp³-hybridized carbons (Fsp3) is 0.786. The number of rotatable bonds is 2. The van der Waals surface area contributed by atoms with E-state index in [4.69, 9.17) is 0 Å². The Kier molecular flexibility index (Phi) is 3.62. The van der Waals surface area contributed by atoms with Crippen molar-refractivity contribution in [1.29, 1.82) is 0 Å². The zero-order valence-corrected chi connectivity index (χ0v) is 12.9. The molecular weight excluding hydrogens is 274 g/mol. The van der Waals surface area contributed by atoms with Gasteiger partial charge in [0.05, 0.1) is 6.20 Å². The minimum absolute atomic E-state index is 0.231. The van der Waals surface area contributed by atoms with E-state index >= 15 is 0 Å². The van der Waals surface area contributed by atoms with Crippen LogP contribution in [0, 0.1) is 12.3 Å². The molecule has 1 spiro atoms. The first-order chi connectivity index (χ1) is 9.52. The van der Waals surface area contributed by atoms with Gasteiger partial charge in [0, 0.05) is 13.1 Å². The van der Waals surface area contributed by atoms with Crippen molar-refractivity contribution in [1.82, 2.24) is 14.3 Å². The quantitative estimate of drug-likeness (QED) is 0.912. The van der Waals surface area contributed by atoms with Crippen LogP contribution in [-0.4, -0.2) is 35.8 Å². The smallest absolute Gasteiger partial charge is 0.260 e. The molecule has 0 aromatic carbocycles. The molecule has 112 valence electrons. The molecule has 6 heteroatoms. The Bertz CT molecular complexity index is 563. The standard InChI is InChI=1S/C14H23N3O2S/c1-12-15-11-13(16-12)20(18,19)17-9-7-14(8-10-17)5-3-2-4-6-14/h11H,2-10H2,1H3,(H,15,16). The maximum absolute atomic E-state index is 12.5. The molecule has 3 rings (SSSR count). The molecule has 1 aliphatic heterocycles. The molecule has 2 fully saturated rings. The van der Waals surface area contributed by atoms with Crippen LogP contribution in [0.1, 0.15) is 50.8 Å². The first-order valence-electron chi connectivity index (χ1n) is 7.54. The third-order valence-electron chi connectivity index (χ3n) is 4.99. The molecule has 0 amide bonds. The van der Waals surface area contributed by atoms with E-state index in [9.17, 15) is 8.42 Å². The fourth-order valence-corrected chi connectivity index (χ4v) is 5.08. The highest BCUT2D eigenvalue weighted by Gasteiger charge is 2.39. The van der Waals surface area contributed by atoms with E-state index in [0.717, 1.165) is 12.8 Å². The van der Waals surface area contributed by atoms with Crippen molar-refractivity contribution in [3.05, 3.63) is 12.0 Å². The van der Waals surface area contributed by atoms with Crippen LogP contribution in [0.4, 0.5) is 0 Å². The van der Waals surface area contributed by atoms with Crippen molar-refractivity contribution in [3.8, 4) is 0 Å². The number of H-pyrrole nitrogens is 1. The number of imidazole rings is 1. The number of aromatic amines is 1. The maximum atomic E-state index is 12.5. The van der Waals surface area contributed by atoms with Gasteiger partial charge in [-0.05, 0) is 38.0 Å². The molecule has 2 heterocycles. The Morgan fingerprint density at radius 2 is 1.80 bits per heavy atom. The number of nitrogens with zero attached hydrogens (tertiary/aromatic N) is 2.